The molecule has 25 heavy (non-hydrogen) atoms. The minimum atomic E-state index is -0.457. The van der Waals surface area contributed by atoms with Gasteiger partial charge in [0, 0.05) is 12.3 Å². The maximum absolute atomic E-state index is 13.1. The Morgan fingerprint density at radius 3 is 2.68 bits per heavy atom. The summed E-state index contributed by atoms with van der Waals surface area (Å²) in [5.41, 5.74) is 0.623. The van der Waals surface area contributed by atoms with Crippen LogP contribution in [0.3, 0.4) is 0 Å². The molecular formula is C21H28O4. The smallest absolute Gasteiger partial charge is 0.308 e. The Morgan fingerprint density at radius 2 is 1.96 bits per heavy atom. The second kappa shape index (κ2) is 5.52. The highest BCUT2D eigenvalue weighted by Crippen LogP contribution is 2.64. The monoisotopic (exact) mass is 344 g/mol. The topological polar surface area (TPSA) is 60.4 Å². The Labute approximate surface area is 149 Å². The van der Waals surface area contributed by atoms with Crippen molar-refractivity contribution in [2.45, 2.75) is 58.8 Å². The van der Waals surface area contributed by atoms with Crippen LogP contribution in [0.5, 0.6) is 0 Å². The van der Waals surface area contributed by atoms with Gasteiger partial charge in [-0.1, -0.05) is 12.5 Å². The van der Waals surface area contributed by atoms with E-state index >= 15 is 0 Å². The molecule has 0 N–H and O–H groups in total. The van der Waals surface area contributed by atoms with Crippen LogP contribution in [-0.2, 0) is 19.1 Å². The van der Waals surface area contributed by atoms with Crippen molar-refractivity contribution in [2.75, 3.05) is 7.11 Å². The largest absolute Gasteiger partial charge is 0.469 e. The second-order valence-electron chi connectivity index (χ2n) is 9.14. The van der Waals surface area contributed by atoms with E-state index in [2.05, 4.69) is 13.8 Å². The van der Waals surface area contributed by atoms with Gasteiger partial charge >= 0.3 is 5.97 Å². The van der Waals surface area contributed by atoms with Crippen molar-refractivity contribution in [3.05, 3.63) is 11.6 Å². The van der Waals surface area contributed by atoms with Crippen LogP contribution >= 0.6 is 0 Å². The van der Waals surface area contributed by atoms with Gasteiger partial charge in [-0.3, -0.25) is 14.4 Å². The van der Waals surface area contributed by atoms with E-state index in [1.54, 1.807) is 6.08 Å². The van der Waals surface area contributed by atoms with Crippen LogP contribution in [0.25, 0.3) is 0 Å². The minimum Gasteiger partial charge on any atom is -0.469 e. The van der Waals surface area contributed by atoms with Crippen LogP contribution in [0, 0.1) is 34.5 Å². The summed E-state index contributed by atoms with van der Waals surface area (Å²) in [5.74, 6) is 0.462. The SMILES string of the molecule is COC(=O)C1C[C@H]2[C@@H]3C(=O)C=C4CCCC(=O)[C@]4(C)[C@@H]3CC[C@]2(C)C1. The van der Waals surface area contributed by atoms with E-state index in [0.29, 0.717) is 12.2 Å². The molecule has 3 saturated carbocycles. The van der Waals surface area contributed by atoms with E-state index < -0.39 is 5.41 Å². The number of esters is 1. The van der Waals surface area contributed by atoms with Gasteiger partial charge in [-0.2, -0.15) is 0 Å². The number of allylic oxidation sites excluding steroid dienone is 2. The van der Waals surface area contributed by atoms with Crippen LogP contribution < -0.4 is 0 Å². The number of carbonyl (C=O) groups is 3. The standard InChI is InChI=1S/C21H28O4/c1-20-8-7-14-18(15(20)9-12(11-20)19(24)25-3)16(22)10-13-5-4-6-17(23)21(13,14)2/h10,12,14-15,18H,4-9,11H2,1-3H3/t12?,14-,15+,18-,20-,21+/m1/s1. The van der Waals surface area contributed by atoms with Crippen LogP contribution in [0.2, 0.25) is 0 Å². The van der Waals surface area contributed by atoms with Crippen LogP contribution in [0.4, 0.5) is 0 Å². The maximum atomic E-state index is 13.1. The van der Waals surface area contributed by atoms with Crippen LogP contribution in [0.1, 0.15) is 58.8 Å². The maximum Gasteiger partial charge on any atom is 0.308 e. The number of fused-ring (bicyclic) bond motifs is 5. The summed E-state index contributed by atoms with van der Waals surface area (Å²) in [6.45, 7) is 4.31. The van der Waals surface area contributed by atoms with E-state index in [9.17, 15) is 14.4 Å². The third-order valence-corrected chi connectivity index (χ3v) is 8.06. The highest BCUT2D eigenvalue weighted by atomic mass is 16.5. The lowest BCUT2D eigenvalue weighted by Gasteiger charge is -2.54. The number of ketones is 2. The summed E-state index contributed by atoms with van der Waals surface area (Å²) in [5, 5.41) is 0. The Balaban J connectivity index is 1.73. The molecule has 1 unspecified atom stereocenters. The summed E-state index contributed by atoms with van der Waals surface area (Å²) in [4.78, 5) is 38.0. The fourth-order valence-corrected chi connectivity index (χ4v) is 6.66. The normalized spacial score (nSPS) is 46.0. The molecule has 4 aliphatic carbocycles. The van der Waals surface area contributed by atoms with Crippen molar-refractivity contribution in [3.8, 4) is 0 Å². The molecule has 4 rings (SSSR count). The number of ether oxygens (including phenoxy) is 1. The zero-order valence-electron chi connectivity index (χ0n) is 15.5. The van der Waals surface area contributed by atoms with Crippen molar-refractivity contribution in [1.82, 2.24) is 0 Å². The molecule has 4 nitrogen and oxygen atoms in total. The van der Waals surface area contributed by atoms with E-state index in [4.69, 9.17) is 4.74 Å². The van der Waals surface area contributed by atoms with Gasteiger partial charge in [0.2, 0.25) is 0 Å². The van der Waals surface area contributed by atoms with Gasteiger partial charge in [0.1, 0.15) is 5.78 Å². The average molecular weight is 344 g/mol. The van der Waals surface area contributed by atoms with E-state index in [1.807, 2.05) is 0 Å². The molecule has 0 radical (unpaired) electrons. The number of methoxy groups -OCH3 is 1. The number of Topliss-reactive ketones (excluding diaryl/α,β-unsaturated/α-hetero) is 1. The molecule has 0 spiro atoms. The summed E-state index contributed by atoms with van der Waals surface area (Å²) >= 11 is 0. The summed E-state index contributed by atoms with van der Waals surface area (Å²) in [6, 6.07) is 0. The summed E-state index contributed by atoms with van der Waals surface area (Å²) in [6.07, 6.45) is 7.63. The third kappa shape index (κ3) is 2.22. The van der Waals surface area contributed by atoms with E-state index in [-0.39, 0.29) is 40.8 Å². The van der Waals surface area contributed by atoms with Crippen LogP contribution in [-0.4, -0.2) is 24.6 Å². The lowest BCUT2D eigenvalue weighted by molar-refractivity contribution is -0.146. The van der Waals surface area contributed by atoms with Gasteiger partial charge in [0.15, 0.2) is 5.78 Å². The average Bonchev–Trinajstić information content (AvgIpc) is 2.94. The van der Waals surface area contributed by atoms with E-state index in [1.165, 1.54) is 7.11 Å². The first kappa shape index (κ1) is 17.0. The van der Waals surface area contributed by atoms with Crippen molar-refractivity contribution in [3.63, 3.8) is 0 Å². The number of hydrogen-bond donors (Lipinski definition) is 0. The van der Waals surface area contributed by atoms with Gasteiger partial charge in [-0.05, 0) is 68.8 Å². The highest BCUT2D eigenvalue weighted by Gasteiger charge is 2.62. The zero-order chi connectivity index (χ0) is 18.0. The molecule has 0 heterocycles. The van der Waals surface area contributed by atoms with Gasteiger partial charge in [0.05, 0.1) is 18.4 Å². The molecule has 0 aromatic heterocycles. The predicted molar refractivity (Wildman–Crippen MR) is 92.6 cm³/mol. The quantitative estimate of drug-likeness (QED) is 0.683. The molecule has 0 aromatic rings. The Bertz CT molecular complexity index is 677. The molecule has 3 fully saturated rings. The number of carbonyl (C=O) groups excluding carboxylic acids is 3. The minimum absolute atomic E-state index is 0.00903. The molecule has 6 atom stereocenters. The highest BCUT2D eigenvalue weighted by molar-refractivity contribution is 6.00. The lowest BCUT2D eigenvalue weighted by Crippen LogP contribution is -2.54. The molecule has 136 valence electrons. The fourth-order valence-electron chi connectivity index (χ4n) is 6.66. The first-order valence-corrected chi connectivity index (χ1v) is 9.67. The molecule has 0 aromatic carbocycles. The van der Waals surface area contributed by atoms with Crippen molar-refractivity contribution >= 4 is 17.5 Å². The third-order valence-electron chi connectivity index (χ3n) is 8.06. The number of hydrogen-bond acceptors (Lipinski definition) is 4. The van der Waals surface area contributed by atoms with Gasteiger partial charge in [-0.25, -0.2) is 0 Å². The first-order chi connectivity index (χ1) is 11.8. The Morgan fingerprint density at radius 1 is 1.20 bits per heavy atom. The van der Waals surface area contributed by atoms with Gasteiger partial charge in [0.25, 0.3) is 0 Å². The first-order valence-electron chi connectivity index (χ1n) is 9.67. The molecule has 0 aliphatic heterocycles. The molecular weight excluding hydrogens is 316 g/mol. The summed E-state index contributed by atoms with van der Waals surface area (Å²) in [7, 11) is 1.44. The van der Waals surface area contributed by atoms with Crippen molar-refractivity contribution < 1.29 is 19.1 Å². The van der Waals surface area contributed by atoms with E-state index in [0.717, 1.165) is 44.1 Å². The summed E-state index contributed by atoms with van der Waals surface area (Å²) < 4.78 is 4.98. The van der Waals surface area contributed by atoms with Crippen LogP contribution in [0.15, 0.2) is 11.6 Å². The molecule has 0 bridgehead atoms. The Kier molecular flexibility index (Phi) is 3.75. The second-order valence-corrected chi connectivity index (χ2v) is 9.14. The Hall–Kier alpha value is -1.45. The van der Waals surface area contributed by atoms with Gasteiger partial charge < -0.3 is 4.74 Å². The number of rotatable bonds is 1. The lowest BCUT2D eigenvalue weighted by atomic mass is 9.47. The molecule has 4 heteroatoms. The predicted octanol–water partition coefficient (Wildman–Crippen LogP) is 3.49. The molecule has 0 amide bonds. The molecule has 0 saturated heterocycles. The fraction of sp³-hybridized carbons (Fsp3) is 0.762. The zero-order valence-corrected chi connectivity index (χ0v) is 15.5. The van der Waals surface area contributed by atoms with Gasteiger partial charge in [-0.15, -0.1) is 0 Å². The molecule has 4 aliphatic rings. The van der Waals surface area contributed by atoms with Crippen molar-refractivity contribution in [2.24, 2.45) is 34.5 Å². The van der Waals surface area contributed by atoms with Crippen molar-refractivity contribution in [1.29, 1.82) is 0 Å².